The predicted molar refractivity (Wildman–Crippen MR) is 137 cm³/mol. The molecule has 0 radical (unpaired) electrons. The molecule has 0 aromatic rings. The average Bonchev–Trinajstić information content (AvgIpc) is 2.65. The molecule has 0 aliphatic heterocycles. The molecule has 33 heavy (non-hydrogen) atoms. The van der Waals surface area contributed by atoms with Crippen LogP contribution in [0, 0.1) is 28.1 Å². The summed E-state index contributed by atoms with van der Waals surface area (Å²) in [5.74, 6) is 1.06. The Hall–Kier alpha value is -0.570. The van der Waals surface area contributed by atoms with Crippen molar-refractivity contribution in [2.24, 2.45) is 28.1 Å². The molecule has 192 valence electrons. The number of carbonyl (C=O) groups excluding carboxylic acids is 1. The van der Waals surface area contributed by atoms with E-state index in [2.05, 4.69) is 48.5 Å². The monoisotopic (exact) mass is 462 g/mol. The molecule has 3 atom stereocenters. The van der Waals surface area contributed by atoms with Gasteiger partial charge in [-0.3, -0.25) is 4.79 Å². The van der Waals surface area contributed by atoms with Crippen molar-refractivity contribution < 1.29 is 14.6 Å². The van der Waals surface area contributed by atoms with Crippen molar-refractivity contribution in [1.82, 2.24) is 0 Å². The number of unbranched alkanes of at least 4 members (excludes halogenated alkanes) is 4. The topological polar surface area (TPSA) is 46.5 Å². The van der Waals surface area contributed by atoms with Gasteiger partial charge in [0.15, 0.2) is 0 Å². The Morgan fingerprint density at radius 1 is 0.879 bits per heavy atom. The summed E-state index contributed by atoms with van der Waals surface area (Å²) in [7, 11) is 0. The van der Waals surface area contributed by atoms with E-state index >= 15 is 0 Å². The van der Waals surface area contributed by atoms with Crippen molar-refractivity contribution >= 4 is 5.97 Å². The second-order valence-corrected chi connectivity index (χ2v) is 14.2. The molecule has 4 rings (SSSR count). The normalized spacial score (nSPS) is 33.2. The maximum absolute atomic E-state index is 14.2. The van der Waals surface area contributed by atoms with E-state index in [-0.39, 0.29) is 16.8 Å². The molecule has 4 fully saturated rings. The lowest BCUT2D eigenvalue weighted by Gasteiger charge is -2.60. The van der Waals surface area contributed by atoms with Crippen LogP contribution in [0.15, 0.2) is 0 Å². The number of hydrogen-bond acceptors (Lipinski definition) is 3. The molecule has 0 aromatic carbocycles. The Morgan fingerprint density at radius 2 is 1.42 bits per heavy atom. The highest BCUT2D eigenvalue weighted by Crippen LogP contribution is 2.60. The standard InChI is InChI=1S/C30H54O3/c1-8-10-12-14-26(3,4)21-28(7,27(5,6)15-13-11-9-2)25(31)33-30-19-23-16-24(20-30)18-29(32,17-23)22-30/h23-24,32H,8-22H2,1-7H3. The van der Waals surface area contributed by atoms with Gasteiger partial charge in [0, 0.05) is 6.42 Å². The smallest absolute Gasteiger partial charge is 0.312 e. The van der Waals surface area contributed by atoms with Gasteiger partial charge in [0.2, 0.25) is 0 Å². The number of aliphatic hydroxyl groups is 1. The number of rotatable bonds is 13. The third-order valence-corrected chi connectivity index (χ3v) is 9.92. The fourth-order valence-corrected chi connectivity index (χ4v) is 8.14. The zero-order valence-electron chi connectivity index (χ0n) is 23.0. The summed E-state index contributed by atoms with van der Waals surface area (Å²) >= 11 is 0. The summed E-state index contributed by atoms with van der Waals surface area (Å²) in [4.78, 5) is 14.2. The molecular formula is C30H54O3. The van der Waals surface area contributed by atoms with E-state index < -0.39 is 16.6 Å². The van der Waals surface area contributed by atoms with Gasteiger partial charge in [0.25, 0.3) is 0 Å². The fourth-order valence-electron chi connectivity index (χ4n) is 8.14. The Kier molecular flexibility index (Phi) is 8.04. The Balaban J connectivity index is 1.83. The lowest BCUT2D eigenvalue weighted by molar-refractivity contribution is -0.231. The lowest BCUT2D eigenvalue weighted by Crippen LogP contribution is -2.61. The molecular weight excluding hydrogens is 408 g/mol. The van der Waals surface area contributed by atoms with Crippen LogP contribution >= 0.6 is 0 Å². The lowest BCUT2D eigenvalue weighted by atomic mass is 9.52. The van der Waals surface area contributed by atoms with E-state index in [0.29, 0.717) is 18.3 Å². The molecule has 0 spiro atoms. The summed E-state index contributed by atoms with van der Waals surface area (Å²) in [6.07, 6.45) is 16.0. The van der Waals surface area contributed by atoms with Crippen molar-refractivity contribution in [3.63, 3.8) is 0 Å². The molecule has 4 bridgehead atoms. The first-order chi connectivity index (χ1) is 15.3. The minimum absolute atomic E-state index is 0.0121. The SMILES string of the molecule is CCCCCC(C)(C)CC(C)(C(=O)OC12CC3CC(CC(O)(C3)C1)C2)C(C)(C)CCCCC. The van der Waals surface area contributed by atoms with Crippen molar-refractivity contribution in [1.29, 1.82) is 0 Å². The van der Waals surface area contributed by atoms with Crippen LogP contribution in [0.3, 0.4) is 0 Å². The number of ether oxygens (including phenoxy) is 1. The highest BCUT2D eigenvalue weighted by Gasteiger charge is 2.61. The second kappa shape index (κ2) is 9.82. The van der Waals surface area contributed by atoms with Gasteiger partial charge in [0.05, 0.1) is 11.0 Å². The molecule has 0 saturated heterocycles. The van der Waals surface area contributed by atoms with E-state index in [1.54, 1.807) is 0 Å². The van der Waals surface area contributed by atoms with Crippen LogP contribution in [0.1, 0.15) is 145 Å². The highest BCUT2D eigenvalue weighted by atomic mass is 16.6. The fraction of sp³-hybridized carbons (Fsp3) is 0.967. The molecule has 4 aliphatic carbocycles. The summed E-state index contributed by atoms with van der Waals surface area (Å²) in [6.45, 7) is 16.0. The van der Waals surface area contributed by atoms with E-state index in [1.165, 1.54) is 38.5 Å². The Bertz CT molecular complexity index is 664. The maximum atomic E-state index is 14.2. The molecule has 4 aliphatic rings. The van der Waals surface area contributed by atoms with Gasteiger partial charge in [-0.2, -0.15) is 0 Å². The van der Waals surface area contributed by atoms with E-state index in [9.17, 15) is 9.90 Å². The first kappa shape index (κ1) is 27.0. The number of esters is 1. The quantitative estimate of drug-likeness (QED) is 0.221. The van der Waals surface area contributed by atoms with Gasteiger partial charge in [-0.05, 0) is 81.0 Å². The zero-order valence-corrected chi connectivity index (χ0v) is 23.0. The van der Waals surface area contributed by atoms with Gasteiger partial charge in [-0.1, -0.05) is 80.1 Å². The molecule has 0 aromatic heterocycles. The second-order valence-electron chi connectivity index (χ2n) is 14.2. The van der Waals surface area contributed by atoms with E-state index in [4.69, 9.17) is 4.74 Å². The summed E-state index contributed by atoms with van der Waals surface area (Å²) in [5.41, 5.74) is -1.58. The molecule has 0 heterocycles. The average molecular weight is 463 g/mol. The van der Waals surface area contributed by atoms with Crippen molar-refractivity contribution in [2.45, 2.75) is 156 Å². The van der Waals surface area contributed by atoms with E-state index in [1.807, 2.05) is 0 Å². The van der Waals surface area contributed by atoms with Crippen molar-refractivity contribution in [3.05, 3.63) is 0 Å². The van der Waals surface area contributed by atoms with Crippen molar-refractivity contribution in [3.8, 4) is 0 Å². The van der Waals surface area contributed by atoms with Crippen LogP contribution in [0.4, 0.5) is 0 Å². The molecule has 4 saturated carbocycles. The summed E-state index contributed by atoms with van der Waals surface area (Å²) in [5, 5.41) is 11.2. The van der Waals surface area contributed by atoms with Gasteiger partial charge in [0.1, 0.15) is 5.60 Å². The number of hydrogen-bond donors (Lipinski definition) is 1. The van der Waals surface area contributed by atoms with Crippen LogP contribution in [0.2, 0.25) is 0 Å². The van der Waals surface area contributed by atoms with Gasteiger partial charge in [-0.25, -0.2) is 0 Å². The molecule has 1 N–H and O–H groups in total. The maximum Gasteiger partial charge on any atom is 0.312 e. The first-order valence-electron chi connectivity index (χ1n) is 14.2. The Labute approximate surface area is 204 Å². The van der Waals surface area contributed by atoms with Gasteiger partial charge < -0.3 is 9.84 Å². The van der Waals surface area contributed by atoms with Crippen LogP contribution in [-0.4, -0.2) is 22.3 Å². The van der Waals surface area contributed by atoms with E-state index in [0.717, 1.165) is 51.4 Å². The minimum Gasteiger partial charge on any atom is -0.459 e. The first-order valence-corrected chi connectivity index (χ1v) is 14.2. The molecule has 3 unspecified atom stereocenters. The highest BCUT2D eigenvalue weighted by molar-refractivity contribution is 5.78. The zero-order chi connectivity index (χ0) is 24.5. The largest absolute Gasteiger partial charge is 0.459 e. The van der Waals surface area contributed by atoms with Gasteiger partial charge in [-0.15, -0.1) is 0 Å². The van der Waals surface area contributed by atoms with Crippen molar-refractivity contribution in [2.75, 3.05) is 0 Å². The minimum atomic E-state index is -0.600. The summed E-state index contributed by atoms with van der Waals surface area (Å²) < 4.78 is 6.65. The third-order valence-electron chi connectivity index (χ3n) is 9.92. The third kappa shape index (κ3) is 5.99. The number of carbonyl (C=O) groups is 1. The van der Waals surface area contributed by atoms with Crippen LogP contribution in [0.25, 0.3) is 0 Å². The van der Waals surface area contributed by atoms with Gasteiger partial charge >= 0.3 is 5.97 Å². The summed E-state index contributed by atoms with van der Waals surface area (Å²) in [6, 6.07) is 0. The Morgan fingerprint density at radius 3 is 1.94 bits per heavy atom. The molecule has 0 amide bonds. The molecule has 3 heteroatoms. The van der Waals surface area contributed by atoms with Crippen LogP contribution in [-0.2, 0) is 9.53 Å². The van der Waals surface area contributed by atoms with Crippen LogP contribution < -0.4 is 0 Å². The predicted octanol–water partition coefficient (Wildman–Crippen LogP) is 8.22. The molecule has 3 nitrogen and oxygen atoms in total. The van der Waals surface area contributed by atoms with Crippen LogP contribution in [0.5, 0.6) is 0 Å².